The van der Waals surface area contributed by atoms with Gasteiger partial charge in [0.05, 0.1) is 36.5 Å². The summed E-state index contributed by atoms with van der Waals surface area (Å²) in [7, 11) is 3.23. The van der Waals surface area contributed by atoms with Crippen LogP contribution in [0.5, 0.6) is 5.75 Å². The van der Waals surface area contributed by atoms with Crippen LogP contribution in [0.4, 0.5) is 5.69 Å². The molecule has 0 atom stereocenters. The Bertz CT molecular complexity index is 1440. The number of aromatic amines is 1. The molecule has 0 saturated carbocycles. The third kappa shape index (κ3) is 4.32. The average molecular weight is 544 g/mol. The highest BCUT2D eigenvalue weighted by Gasteiger charge is 2.49. The number of anilines is 1. The number of piperidine rings is 1. The maximum atomic E-state index is 13.8. The number of nitrogens with zero attached hydrogens (tertiary/aromatic N) is 4. The molecule has 1 spiro atoms. The smallest absolute Gasteiger partial charge is 0.255 e. The van der Waals surface area contributed by atoms with Gasteiger partial charge in [-0.3, -0.25) is 19.5 Å². The Hall–Kier alpha value is -4.18. The predicted molar refractivity (Wildman–Crippen MR) is 148 cm³/mol. The van der Waals surface area contributed by atoms with Gasteiger partial charge in [-0.1, -0.05) is 12.1 Å². The Kier molecular flexibility index (Phi) is 6.79. The largest absolute Gasteiger partial charge is 0.496 e. The molecular weight excluding hydrogens is 510 g/mol. The zero-order chi connectivity index (χ0) is 27.9. The minimum Gasteiger partial charge on any atom is -0.496 e. The lowest BCUT2D eigenvalue weighted by molar-refractivity contribution is -0.127. The minimum absolute atomic E-state index is 0.0993. The molecule has 2 aromatic carbocycles. The lowest BCUT2D eigenvalue weighted by Crippen LogP contribution is -2.47. The van der Waals surface area contributed by atoms with Gasteiger partial charge in [0.25, 0.3) is 11.8 Å². The molecule has 3 aliphatic heterocycles. The predicted octanol–water partition coefficient (Wildman–Crippen LogP) is 3.35. The topological polar surface area (TPSA) is 108 Å². The number of rotatable bonds is 7. The van der Waals surface area contributed by atoms with Crippen molar-refractivity contribution in [2.45, 2.75) is 25.8 Å². The number of hydrogen-bond acceptors (Lipinski definition) is 6. The van der Waals surface area contributed by atoms with Crippen LogP contribution in [0.1, 0.15) is 45.5 Å². The fourth-order valence-electron chi connectivity index (χ4n) is 6.30. The highest BCUT2D eigenvalue weighted by atomic mass is 16.5. The van der Waals surface area contributed by atoms with Crippen LogP contribution >= 0.6 is 0 Å². The standard InChI is InChI=1S/C30H33N5O5/c1-39-15-14-34-19-20-4-3-5-24(26(20)28(34)37)27(36)33-11-8-30(9-12-33)10-13-35(29(30)38)22-6-7-23(25(16-22)40-2)21-17-31-32-18-21/h3-7,16-18H,8-15,19H2,1-2H3,(H,31,32). The first-order valence-corrected chi connectivity index (χ1v) is 13.6. The van der Waals surface area contributed by atoms with Gasteiger partial charge in [0.1, 0.15) is 5.75 Å². The van der Waals surface area contributed by atoms with Gasteiger partial charge in [-0.05, 0) is 43.0 Å². The molecule has 3 amide bonds. The van der Waals surface area contributed by atoms with Crippen molar-refractivity contribution in [2.24, 2.45) is 5.41 Å². The quantitative estimate of drug-likeness (QED) is 0.490. The molecule has 0 unspecified atom stereocenters. The number of likely N-dealkylation sites (tertiary alicyclic amines) is 1. The van der Waals surface area contributed by atoms with E-state index in [0.29, 0.717) is 69.0 Å². The van der Waals surface area contributed by atoms with E-state index < -0.39 is 5.41 Å². The molecule has 1 N–H and O–H groups in total. The number of methoxy groups -OCH3 is 2. The third-order valence-corrected chi connectivity index (χ3v) is 8.64. The summed E-state index contributed by atoms with van der Waals surface area (Å²) in [6.07, 6.45) is 5.48. The van der Waals surface area contributed by atoms with E-state index in [1.54, 1.807) is 42.5 Å². The van der Waals surface area contributed by atoms with Gasteiger partial charge in [0, 0.05) is 68.9 Å². The molecule has 4 heterocycles. The number of fused-ring (bicyclic) bond motifs is 1. The maximum absolute atomic E-state index is 13.8. The van der Waals surface area contributed by atoms with Crippen molar-refractivity contribution >= 4 is 23.4 Å². The molecule has 0 bridgehead atoms. The van der Waals surface area contributed by atoms with Gasteiger partial charge in [0.2, 0.25) is 5.91 Å². The Labute approximate surface area is 232 Å². The first kappa shape index (κ1) is 26.1. The number of amides is 3. The number of benzene rings is 2. The number of carbonyl (C=O) groups excluding carboxylic acids is 3. The van der Waals surface area contributed by atoms with E-state index >= 15 is 0 Å². The van der Waals surface area contributed by atoms with Crippen LogP contribution in [0.2, 0.25) is 0 Å². The van der Waals surface area contributed by atoms with Crippen LogP contribution in [0, 0.1) is 5.41 Å². The van der Waals surface area contributed by atoms with Gasteiger partial charge in [0.15, 0.2) is 0 Å². The van der Waals surface area contributed by atoms with Crippen molar-refractivity contribution in [3.05, 3.63) is 65.5 Å². The van der Waals surface area contributed by atoms with Crippen molar-refractivity contribution in [1.29, 1.82) is 0 Å². The van der Waals surface area contributed by atoms with E-state index in [2.05, 4.69) is 10.2 Å². The molecule has 10 nitrogen and oxygen atoms in total. The van der Waals surface area contributed by atoms with Crippen molar-refractivity contribution in [3.8, 4) is 16.9 Å². The molecule has 208 valence electrons. The fourth-order valence-corrected chi connectivity index (χ4v) is 6.30. The van der Waals surface area contributed by atoms with Crippen LogP contribution in [-0.4, -0.2) is 84.7 Å². The summed E-state index contributed by atoms with van der Waals surface area (Å²) in [5, 5.41) is 6.84. The zero-order valence-electron chi connectivity index (χ0n) is 22.8. The van der Waals surface area contributed by atoms with Crippen molar-refractivity contribution in [1.82, 2.24) is 20.0 Å². The van der Waals surface area contributed by atoms with Crippen LogP contribution in [-0.2, 0) is 16.1 Å². The third-order valence-electron chi connectivity index (χ3n) is 8.64. The molecule has 2 fully saturated rings. The number of aromatic nitrogens is 2. The number of H-pyrrole nitrogens is 1. The summed E-state index contributed by atoms with van der Waals surface area (Å²) in [4.78, 5) is 45.8. The van der Waals surface area contributed by atoms with Crippen molar-refractivity contribution in [2.75, 3.05) is 51.9 Å². The highest BCUT2D eigenvalue weighted by Crippen LogP contribution is 2.44. The van der Waals surface area contributed by atoms with E-state index in [-0.39, 0.29) is 17.7 Å². The lowest BCUT2D eigenvalue weighted by Gasteiger charge is -2.38. The van der Waals surface area contributed by atoms with E-state index in [0.717, 1.165) is 28.8 Å². The van der Waals surface area contributed by atoms with Gasteiger partial charge < -0.3 is 24.2 Å². The van der Waals surface area contributed by atoms with Crippen molar-refractivity contribution in [3.63, 3.8) is 0 Å². The Balaban J connectivity index is 1.15. The SMILES string of the molecule is COCCN1Cc2cccc(C(=O)N3CCC4(CC3)CCN(c3ccc(-c5cn[nH]c5)c(OC)c3)C4=O)c2C1=O. The first-order chi connectivity index (χ1) is 19.5. The molecule has 40 heavy (non-hydrogen) atoms. The second kappa shape index (κ2) is 10.4. The van der Waals surface area contributed by atoms with Crippen LogP contribution in [0.15, 0.2) is 48.8 Å². The van der Waals surface area contributed by atoms with E-state index in [4.69, 9.17) is 9.47 Å². The highest BCUT2D eigenvalue weighted by molar-refractivity contribution is 6.09. The zero-order valence-corrected chi connectivity index (χ0v) is 22.8. The second-order valence-electron chi connectivity index (χ2n) is 10.7. The summed E-state index contributed by atoms with van der Waals surface area (Å²) in [5.74, 6) is 0.511. The fraction of sp³-hybridized carbons (Fsp3) is 0.400. The molecule has 10 heteroatoms. The van der Waals surface area contributed by atoms with Crippen LogP contribution in [0.25, 0.3) is 11.1 Å². The van der Waals surface area contributed by atoms with Crippen LogP contribution < -0.4 is 9.64 Å². The van der Waals surface area contributed by atoms with Gasteiger partial charge >= 0.3 is 0 Å². The normalized spacial score (nSPS) is 18.1. The molecule has 2 saturated heterocycles. The summed E-state index contributed by atoms with van der Waals surface area (Å²) < 4.78 is 10.8. The summed E-state index contributed by atoms with van der Waals surface area (Å²) in [6, 6.07) is 11.3. The summed E-state index contributed by atoms with van der Waals surface area (Å²) in [6.45, 7) is 3.00. The number of hydrogen-bond donors (Lipinski definition) is 1. The Morgan fingerprint density at radius 1 is 1.07 bits per heavy atom. The molecule has 6 rings (SSSR count). The summed E-state index contributed by atoms with van der Waals surface area (Å²) in [5.41, 5.74) is 3.96. The number of carbonyl (C=O) groups is 3. The second-order valence-corrected chi connectivity index (χ2v) is 10.7. The maximum Gasteiger partial charge on any atom is 0.255 e. The number of nitrogens with one attached hydrogen (secondary N) is 1. The van der Waals surface area contributed by atoms with Crippen molar-refractivity contribution < 1.29 is 23.9 Å². The van der Waals surface area contributed by atoms with E-state index in [1.165, 1.54) is 0 Å². The van der Waals surface area contributed by atoms with Gasteiger partial charge in [-0.2, -0.15) is 5.10 Å². The van der Waals surface area contributed by atoms with Gasteiger partial charge in [-0.15, -0.1) is 0 Å². The molecular formula is C30H33N5O5. The molecule has 0 aliphatic carbocycles. The van der Waals surface area contributed by atoms with Crippen LogP contribution in [0.3, 0.4) is 0 Å². The Morgan fingerprint density at radius 3 is 2.60 bits per heavy atom. The molecule has 1 aromatic heterocycles. The lowest BCUT2D eigenvalue weighted by atomic mass is 9.77. The average Bonchev–Trinajstić information content (AvgIpc) is 3.71. The monoisotopic (exact) mass is 543 g/mol. The van der Waals surface area contributed by atoms with E-state index in [1.807, 2.05) is 35.2 Å². The minimum atomic E-state index is -0.487. The molecule has 0 radical (unpaired) electrons. The summed E-state index contributed by atoms with van der Waals surface area (Å²) >= 11 is 0. The van der Waals surface area contributed by atoms with E-state index in [9.17, 15) is 14.4 Å². The number of ether oxygens (including phenoxy) is 2. The first-order valence-electron chi connectivity index (χ1n) is 13.6. The Morgan fingerprint density at radius 2 is 1.88 bits per heavy atom. The molecule has 3 aliphatic rings. The van der Waals surface area contributed by atoms with Gasteiger partial charge in [-0.25, -0.2) is 0 Å². The molecule has 3 aromatic rings.